The summed E-state index contributed by atoms with van der Waals surface area (Å²) < 4.78 is 15.7. The van der Waals surface area contributed by atoms with Crippen LogP contribution in [0.1, 0.15) is 39.2 Å². The van der Waals surface area contributed by atoms with Crippen molar-refractivity contribution in [1.29, 1.82) is 0 Å². The molecule has 0 heterocycles. The van der Waals surface area contributed by atoms with Crippen LogP contribution in [-0.2, 0) is 19.1 Å². The van der Waals surface area contributed by atoms with Crippen molar-refractivity contribution in [2.45, 2.75) is 39.7 Å². The van der Waals surface area contributed by atoms with Crippen LogP contribution in [-0.4, -0.2) is 56.3 Å². The van der Waals surface area contributed by atoms with Gasteiger partial charge in [-0.1, -0.05) is 12.1 Å². The van der Waals surface area contributed by atoms with Gasteiger partial charge >= 0.3 is 5.97 Å². The van der Waals surface area contributed by atoms with E-state index in [1.165, 1.54) is 6.08 Å². The SMILES string of the molecule is CCOC(=O)CCN(CCCOC)C(=O)/C=C/c1cccc(OC(C)C)c1. The maximum Gasteiger partial charge on any atom is 0.307 e. The third-order valence-corrected chi connectivity index (χ3v) is 3.63. The number of esters is 1. The van der Waals surface area contributed by atoms with Crippen molar-refractivity contribution >= 4 is 18.0 Å². The van der Waals surface area contributed by atoms with Crippen LogP contribution in [0, 0.1) is 0 Å². The van der Waals surface area contributed by atoms with Crippen LogP contribution in [0.3, 0.4) is 0 Å². The number of rotatable bonds is 12. The van der Waals surface area contributed by atoms with Gasteiger partial charge in [-0.3, -0.25) is 9.59 Å². The van der Waals surface area contributed by atoms with E-state index in [4.69, 9.17) is 14.2 Å². The summed E-state index contributed by atoms with van der Waals surface area (Å²) in [6, 6.07) is 7.57. The summed E-state index contributed by atoms with van der Waals surface area (Å²) in [5.74, 6) is 0.314. The normalized spacial score (nSPS) is 11.0. The zero-order valence-electron chi connectivity index (χ0n) is 16.8. The first kappa shape index (κ1) is 22.7. The van der Waals surface area contributed by atoms with Gasteiger partial charge in [-0.2, -0.15) is 0 Å². The van der Waals surface area contributed by atoms with Crippen LogP contribution in [0.2, 0.25) is 0 Å². The van der Waals surface area contributed by atoms with Crippen LogP contribution in [0.25, 0.3) is 6.08 Å². The average molecular weight is 377 g/mol. The minimum Gasteiger partial charge on any atom is -0.491 e. The lowest BCUT2D eigenvalue weighted by molar-refractivity contribution is -0.143. The number of benzene rings is 1. The molecule has 0 radical (unpaired) electrons. The molecular formula is C21H31NO5. The van der Waals surface area contributed by atoms with Gasteiger partial charge in [0.05, 0.1) is 19.1 Å². The topological polar surface area (TPSA) is 65.1 Å². The number of carbonyl (C=O) groups excluding carboxylic acids is 2. The van der Waals surface area contributed by atoms with Gasteiger partial charge in [0.15, 0.2) is 0 Å². The fraction of sp³-hybridized carbons (Fsp3) is 0.524. The predicted molar refractivity (Wildman–Crippen MR) is 106 cm³/mol. The smallest absolute Gasteiger partial charge is 0.307 e. The van der Waals surface area contributed by atoms with E-state index in [2.05, 4.69) is 0 Å². The minimum absolute atomic E-state index is 0.0880. The Balaban J connectivity index is 2.72. The summed E-state index contributed by atoms with van der Waals surface area (Å²) in [6.45, 7) is 7.43. The maximum absolute atomic E-state index is 12.6. The second kappa shape index (κ2) is 12.9. The van der Waals surface area contributed by atoms with Crippen molar-refractivity contribution < 1.29 is 23.8 Å². The summed E-state index contributed by atoms with van der Waals surface area (Å²) in [5, 5.41) is 0. The molecule has 0 aromatic heterocycles. The van der Waals surface area contributed by atoms with Crippen LogP contribution in [0.5, 0.6) is 5.75 Å². The molecule has 0 spiro atoms. The molecule has 0 saturated carbocycles. The van der Waals surface area contributed by atoms with Gasteiger partial charge in [0.1, 0.15) is 5.75 Å². The number of hydrogen-bond acceptors (Lipinski definition) is 5. The molecule has 0 aliphatic rings. The van der Waals surface area contributed by atoms with E-state index in [1.807, 2.05) is 38.1 Å². The fourth-order valence-electron chi connectivity index (χ4n) is 2.43. The number of methoxy groups -OCH3 is 1. The van der Waals surface area contributed by atoms with Crippen molar-refractivity contribution in [2.24, 2.45) is 0 Å². The van der Waals surface area contributed by atoms with E-state index in [0.717, 1.165) is 11.3 Å². The van der Waals surface area contributed by atoms with E-state index in [-0.39, 0.29) is 24.4 Å². The zero-order chi connectivity index (χ0) is 20.1. The number of ether oxygens (including phenoxy) is 3. The molecule has 0 aliphatic carbocycles. The predicted octanol–water partition coefficient (Wildman–Crippen LogP) is 3.31. The first-order valence-corrected chi connectivity index (χ1v) is 9.34. The molecule has 1 amide bonds. The Hall–Kier alpha value is -2.34. The molecule has 0 unspecified atom stereocenters. The molecule has 0 atom stereocenters. The lowest BCUT2D eigenvalue weighted by Gasteiger charge is -2.20. The van der Waals surface area contributed by atoms with Crippen LogP contribution in [0.4, 0.5) is 0 Å². The van der Waals surface area contributed by atoms with E-state index in [9.17, 15) is 9.59 Å². The third kappa shape index (κ3) is 9.80. The quantitative estimate of drug-likeness (QED) is 0.318. The molecule has 1 rings (SSSR count). The van der Waals surface area contributed by atoms with Gasteiger partial charge in [0.25, 0.3) is 0 Å². The van der Waals surface area contributed by atoms with E-state index in [0.29, 0.717) is 32.7 Å². The maximum atomic E-state index is 12.6. The van der Waals surface area contributed by atoms with Crippen molar-refractivity contribution in [3.63, 3.8) is 0 Å². The number of nitrogens with zero attached hydrogens (tertiary/aromatic N) is 1. The first-order chi connectivity index (χ1) is 13.0. The van der Waals surface area contributed by atoms with Gasteiger partial charge in [-0.05, 0) is 51.0 Å². The molecule has 0 aliphatic heterocycles. The Morgan fingerprint density at radius 3 is 2.67 bits per heavy atom. The van der Waals surface area contributed by atoms with Gasteiger partial charge < -0.3 is 19.1 Å². The molecule has 0 N–H and O–H groups in total. The third-order valence-electron chi connectivity index (χ3n) is 3.63. The Kier molecular flexibility index (Phi) is 10.9. The molecule has 150 valence electrons. The average Bonchev–Trinajstić information content (AvgIpc) is 2.62. The Morgan fingerprint density at radius 1 is 1.22 bits per heavy atom. The molecule has 0 saturated heterocycles. The molecule has 0 fully saturated rings. The second-order valence-corrected chi connectivity index (χ2v) is 6.30. The summed E-state index contributed by atoms with van der Waals surface area (Å²) in [5.41, 5.74) is 0.878. The molecule has 6 nitrogen and oxygen atoms in total. The monoisotopic (exact) mass is 377 g/mol. The highest BCUT2D eigenvalue weighted by atomic mass is 16.5. The van der Waals surface area contributed by atoms with Gasteiger partial charge in [-0.25, -0.2) is 0 Å². The highest BCUT2D eigenvalue weighted by Crippen LogP contribution is 2.16. The summed E-state index contributed by atoms with van der Waals surface area (Å²) in [4.78, 5) is 25.8. The van der Waals surface area contributed by atoms with Gasteiger partial charge in [-0.15, -0.1) is 0 Å². The fourth-order valence-corrected chi connectivity index (χ4v) is 2.43. The van der Waals surface area contributed by atoms with Crippen molar-refractivity contribution in [1.82, 2.24) is 4.90 Å². The number of hydrogen-bond donors (Lipinski definition) is 0. The lowest BCUT2D eigenvalue weighted by atomic mass is 10.2. The molecule has 6 heteroatoms. The van der Waals surface area contributed by atoms with Crippen molar-refractivity contribution in [2.75, 3.05) is 33.4 Å². The van der Waals surface area contributed by atoms with E-state index < -0.39 is 0 Å². The molecule has 1 aromatic carbocycles. The first-order valence-electron chi connectivity index (χ1n) is 9.34. The van der Waals surface area contributed by atoms with Gasteiger partial charge in [0.2, 0.25) is 5.91 Å². The van der Waals surface area contributed by atoms with Crippen molar-refractivity contribution in [3.8, 4) is 5.75 Å². The molecule has 1 aromatic rings. The van der Waals surface area contributed by atoms with E-state index >= 15 is 0 Å². The molecular weight excluding hydrogens is 346 g/mol. The molecule has 27 heavy (non-hydrogen) atoms. The number of amides is 1. The summed E-state index contributed by atoms with van der Waals surface area (Å²) in [6.07, 6.45) is 4.25. The summed E-state index contributed by atoms with van der Waals surface area (Å²) in [7, 11) is 1.62. The van der Waals surface area contributed by atoms with Crippen LogP contribution in [0.15, 0.2) is 30.3 Å². The Labute approximate surface area is 162 Å². The van der Waals surface area contributed by atoms with Crippen LogP contribution >= 0.6 is 0 Å². The minimum atomic E-state index is -0.301. The van der Waals surface area contributed by atoms with Crippen molar-refractivity contribution in [3.05, 3.63) is 35.9 Å². The van der Waals surface area contributed by atoms with Gasteiger partial charge in [0, 0.05) is 32.9 Å². The number of carbonyl (C=O) groups is 2. The second-order valence-electron chi connectivity index (χ2n) is 6.30. The zero-order valence-corrected chi connectivity index (χ0v) is 16.8. The Bertz CT molecular complexity index is 612. The lowest BCUT2D eigenvalue weighted by Crippen LogP contribution is -2.33. The standard InChI is InChI=1S/C21H31NO5/c1-5-26-21(24)12-14-22(13-7-15-25-4)20(23)11-10-18-8-6-9-19(16-18)27-17(2)3/h6,8-11,16-17H,5,7,12-15H2,1-4H3/b11-10+. The highest BCUT2D eigenvalue weighted by molar-refractivity contribution is 5.92. The molecule has 0 bridgehead atoms. The summed E-state index contributed by atoms with van der Waals surface area (Å²) >= 11 is 0. The van der Waals surface area contributed by atoms with E-state index in [1.54, 1.807) is 25.0 Å². The van der Waals surface area contributed by atoms with Crippen LogP contribution < -0.4 is 4.74 Å². The largest absolute Gasteiger partial charge is 0.491 e. The Morgan fingerprint density at radius 2 is 2.00 bits per heavy atom. The highest BCUT2D eigenvalue weighted by Gasteiger charge is 2.13.